The van der Waals surface area contributed by atoms with Gasteiger partial charge in [-0.1, -0.05) is 0 Å². The zero-order valence-electron chi connectivity index (χ0n) is 13.8. The first-order chi connectivity index (χ1) is 11.8. The van der Waals surface area contributed by atoms with E-state index in [-0.39, 0.29) is 21.8 Å². The maximum Gasteiger partial charge on any atom is 0.239 e. The van der Waals surface area contributed by atoms with Gasteiger partial charge in [-0.2, -0.15) is 4.99 Å². The fourth-order valence-electron chi connectivity index (χ4n) is 2.92. The first-order valence-corrected chi connectivity index (χ1v) is 9.48. The van der Waals surface area contributed by atoms with E-state index in [2.05, 4.69) is 4.99 Å². The highest BCUT2D eigenvalue weighted by Crippen LogP contribution is 2.37. The molecule has 0 saturated carbocycles. The lowest BCUT2D eigenvalue weighted by molar-refractivity contribution is 0.345. The Kier molecular flexibility index (Phi) is 4.32. The van der Waals surface area contributed by atoms with Crippen LogP contribution in [0.5, 0.6) is 0 Å². The van der Waals surface area contributed by atoms with Crippen molar-refractivity contribution in [3.05, 3.63) is 66.1 Å². The van der Waals surface area contributed by atoms with Crippen LogP contribution in [0, 0.1) is 5.82 Å². The van der Waals surface area contributed by atoms with Gasteiger partial charge >= 0.3 is 0 Å². The molecule has 3 rings (SSSR count). The molecule has 2 aromatic rings. The van der Waals surface area contributed by atoms with E-state index in [0.29, 0.717) is 5.84 Å². The molecular formula is C18H18FN2O3S+. The number of benzene rings is 2. The minimum absolute atomic E-state index is 0.0923. The lowest BCUT2D eigenvalue weighted by Crippen LogP contribution is -2.48. The Labute approximate surface area is 145 Å². The number of likely N-dealkylation sites (N-methyl/N-ethyl adjacent to an activating group) is 1. The Bertz CT molecular complexity index is 964. The summed E-state index contributed by atoms with van der Waals surface area (Å²) in [7, 11) is -1.43. The second kappa shape index (κ2) is 6.18. The van der Waals surface area contributed by atoms with Crippen LogP contribution in [0.4, 0.5) is 10.1 Å². The van der Waals surface area contributed by atoms with E-state index in [0.717, 1.165) is 23.2 Å². The molecule has 0 radical (unpaired) electrons. The summed E-state index contributed by atoms with van der Waals surface area (Å²) in [4.78, 5) is 4.53. The molecule has 1 unspecified atom stereocenters. The van der Waals surface area contributed by atoms with Gasteiger partial charge < -0.3 is 5.11 Å². The largest absolute Gasteiger partial charge is 0.384 e. The van der Waals surface area contributed by atoms with Gasteiger partial charge in [-0.05, 0) is 36.4 Å². The molecule has 0 saturated heterocycles. The number of hydrogen-bond acceptors (Lipinski definition) is 4. The normalized spacial score (nSPS) is 20.3. The van der Waals surface area contributed by atoms with Crippen molar-refractivity contribution >= 4 is 27.1 Å². The summed E-state index contributed by atoms with van der Waals surface area (Å²) >= 11 is 0. The van der Waals surface area contributed by atoms with Crippen molar-refractivity contribution < 1.29 is 17.9 Å². The first kappa shape index (κ1) is 17.5. The lowest BCUT2D eigenvalue weighted by Gasteiger charge is -2.31. The van der Waals surface area contributed by atoms with E-state index in [9.17, 15) is 17.9 Å². The molecule has 130 valence electrons. The topological polar surface area (TPSA) is 66.7 Å². The quantitative estimate of drug-likeness (QED) is 0.851. The van der Waals surface area contributed by atoms with Crippen LogP contribution in [-0.2, 0) is 9.84 Å². The van der Waals surface area contributed by atoms with Gasteiger partial charge in [-0.3, -0.25) is 0 Å². The summed E-state index contributed by atoms with van der Waals surface area (Å²) < 4.78 is 36.7. The second-order valence-corrected chi connectivity index (χ2v) is 8.01. The molecule has 0 amide bonds. The Balaban J connectivity index is 2.08. The maximum absolute atomic E-state index is 13.3. The summed E-state index contributed by atoms with van der Waals surface area (Å²) in [6.45, 7) is -0.255. The van der Waals surface area contributed by atoms with Crippen molar-refractivity contribution in [3.8, 4) is 0 Å². The minimum Gasteiger partial charge on any atom is -0.384 e. The third-order valence-corrected chi connectivity index (χ3v) is 5.53. The molecule has 0 bridgehead atoms. The van der Waals surface area contributed by atoms with Crippen molar-refractivity contribution in [1.29, 1.82) is 0 Å². The number of aliphatic imine (C=N–C) groups is 1. The summed E-state index contributed by atoms with van der Waals surface area (Å²) in [6.07, 6.45) is 2.80. The second-order valence-electron chi connectivity index (χ2n) is 6.00. The SMILES string of the molecule is C[N+]1(c2ccc(F)cc2)C(c2ccc(S(C)(=O)=O)cc2)=CN=C1CO. The predicted octanol–water partition coefficient (Wildman–Crippen LogP) is 2.57. The van der Waals surface area contributed by atoms with Crippen LogP contribution in [0.25, 0.3) is 5.70 Å². The lowest BCUT2D eigenvalue weighted by atomic mass is 10.1. The van der Waals surface area contributed by atoms with Crippen LogP contribution in [-0.4, -0.2) is 39.3 Å². The molecule has 0 spiro atoms. The van der Waals surface area contributed by atoms with E-state index in [1.807, 2.05) is 7.05 Å². The standard InChI is InChI=1S/C18H18FN2O3S/c1-21(15-7-5-14(19)6-8-15)17(11-20-18(21)12-22)13-3-9-16(10-4-13)25(2,23)24/h3-11,22H,12H2,1-2H3/q+1. The van der Waals surface area contributed by atoms with Crippen LogP contribution in [0.1, 0.15) is 5.56 Å². The number of halogens is 1. The van der Waals surface area contributed by atoms with Gasteiger partial charge in [0.15, 0.2) is 15.5 Å². The number of quaternary nitrogens is 1. The monoisotopic (exact) mass is 361 g/mol. The Morgan fingerprint density at radius 1 is 1.08 bits per heavy atom. The minimum atomic E-state index is -3.28. The third kappa shape index (κ3) is 3.02. The van der Waals surface area contributed by atoms with Gasteiger partial charge in [0, 0.05) is 24.0 Å². The predicted molar refractivity (Wildman–Crippen MR) is 96.2 cm³/mol. The van der Waals surface area contributed by atoms with Gasteiger partial charge in [-0.25, -0.2) is 17.3 Å². The molecule has 0 aliphatic carbocycles. The Hall–Kier alpha value is -2.35. The Morgan fingerprint density at radius 2 is 1.68 bits per heavy atom. The van der Waals surface area contributed by atoms with E-state index in [4.69, 9.17) is 0 Å². The number of sulfone groups is 1. The van der Waals surface area contributed by atoms with Crippen LogP contribution < -0.4 is 4.48 Å². The van der Waals surface area contributed by atoms with Gasteiger partial charge in [0.25, 0.3) is 0 Å². The molecule has 5 nitrogen and oxygen atoms in total. The van der Waals surface area contributed by atoms with Crippen molar-refractivity contribution in [2.24, 2.45) is 4.99 Å². The average Bonchev–Trinajstić information content (AvgIpc) is 2.92. The van der Waals surface area contributed by atoms with Gasteiger partial charge in [0.05, 0.1) is 18.1 Å². The van der Waals surface area contributed by atoms with Crippen LogP contribution >= 0.6 is 0 Å². The van der Waals surface area contributed by atoms with E-state index in [1.165, 1.54) is 24.3 Å². The highest BCUT2D eigenvalue weighted by Gasteiger charge is 2.41. The molecule has 0 fully saturated rings. The molecule has 1 aliphatic rings. The zero-order valence-corrected chi connectivity index (χ0v) is 14.7. The van der Waals surface area contributed by atoms with E-state index >= 15 is 0 Å². The van der Waals surface area contributed by atoms with Crippen LogP contribution in [0.3, 0.4) is 0 Å². The molecular weight excluding hydrogens is 343 g/mol. The fraction of sp³-hybridized carbons (Fsp3) is 0.167. The zero-order chi connectivity index (χ0) is 18.2. The van der Waals surface area contributed by atoms with Crippen molar-refractivity contribution in [2.45, 2.75) is 4.90 Å². The van der Waals surface area contributed by atoms with Crippen molar-refractivity contribution in [1.82, 2.24) is 4.48 Å². The third-order valence-electron chi connectivity index (χ3n) is 4.40. The number of amidine groups is 1. The van der Waals surface area contributed by atoms with Crippen LogP contribution in [0.15, 0.2) is 64.6 Å². The molecule has 1 aliphatic heterocycles. The van der Waals surface area contributed by atoms with Crippen molar-refractivity contribution in [2.75, 3.05) is 19.9 Å². The number of aliphatic hydroxyl groups excluding tert-OH is 1. The van der Waals surface area contributed by atoms with Gasteiger partial charge in [-0.15, -0.1) is 0 Å². The summed E-state index contributed by atoms with van der Waals surface area (Å²) in [5, 5.41) is 9.70. The van der Waals surface area contributed by atoms with E-state index in [1.54, 1.807) is 30.5 Å². The summed E-state index contributed by atoms with van der Waals surface area (Å²) in [5.41, 5.74) is 2.27. The van der Waals surface area contributed by atoms with E-state index < -0.39 is 9.84 Å². The highest BCUT2D eigenvalue weighted by molar-refractivity contribution is 7.90. The maximum atomic E-state index is 13.3. The number of aliphatic hydroxyl groups is 1. The molecule has 0 aromatic heterocycles. The van der Waals surface area contributed by atoms with Crippen molar-refractivity contribution in [3.63, 3.8) is 0 Å². The molecule has 2 aromatic carbocycles. The molecule has 7 heteroatoms. The van der Waals surface area contributed by atoms with Gasteiger partial charge in [0.2, 0.25) is 5.84 Å². The Morgan fingerprint density at radius 3 is 2.20 bits per heavy atom. The highest BCUT2D eigenvalue weighted by atomic mass is 32.2. The number of nitrogens with zero attached hydrogens (tertiary/aromatic N) is 2. The van der Waals surface area contributed by atoms with Crippen LogP contribution in [0.2, 0.25) is 0 Å². The number of hydrogen-bond donors (Lipinski definition) is 1. The molecule has 1 heterocycles. The average molecular weight is 361 g/mol. The number of rotatable bonds is 4. The first-order valence-electron chi connectivity index (χ1n) is 7.59. The molecule has 25 heavy (non-hydrogen) atoms. The summed E-state index contributed by atoms with van der Waals surface area (Å²) in [5.74, 6) is 0.147. The molecule has 1 N–H and O–H groups in total. The summed E-state index contributed by atoms with van der Waals surface area (Å²) in [6, 6.07) is 12.5. The van der Waals surface area contributed by atoms with Gasteiger partial charge in [0.1, 0.15) is 18.1 Å². The fourth-order valence-corrected chi connectivity index (χ4v) is 3.55. The molecule has 1 atom stereocenters. The smallest absolute Gasteiger partial charge is 0.239 e.